The zero-order valence-corrected chi connectivity index (χ0v) is 13.4. The summed E-state index contributed by atoms with van der Waals surface area (Å²) in [5.74, 6) is -0.750. The number of hydrogen-bond acceptors (Lipinski definition) is 2. The van der Waals surface area contributed by atoms with Crippen molar-refractivity contribution in [2.24, 2.45) is 5.92 Å². The molecule has 126 valence electrons. The molecule has 0 unspecified atom stereocenters. The van der Waals surface area contributed by atoms with Crippen LogP contribution in [-0.2, 0) is 0 Å². The van der Waals surface area contributed by atoms with E-state index >= 15 is 0 Å². The highest BCUT2D eigenvalue weighted by molar-refractivity contribution is 7.99. The molecule has 0 aliphatic carbocycles. The van der Waals surface area contributed by atoms with Crippen LogP contribution in [0.3, 0.4) is 0 Å². The van der Waals surface area contributed by atoms with Gasteiger partial charge in [0.1, 0.15) is 0 Å². The monoisotopic (exact) mass is 344 g/mol. The van der Waals surface area contributed by atoms with Crippen molar-refractivity contribution in [1.82, 2.24) is 4.90 Å². The molecule has 23 heavy (non-hydrogen) atoms. The van der Waals surface area contributed by atoms with Gasteiger partial charge in [-0.05, 0) is 25.0 Å². The van der Waals surface area contributed by atoms with Gasteiger partial charge < -0.3 is 10.2 Å². The molecule has 3 nitrogen and oxygen atoms in total. The van der Waals surface area contributed by atoms with Crippen molar-refractivity contribution in [2.75, 3.05) is 24.2 Å². The third kappa shape index (κ3) is 4.92. The maximum absolute atomic E-state index is 12.8. The number of carbonyl (C=O) groups is 1. The molecule has 0 aromatic heterocycles. The zero-order chi connectivity index (χ0) is 16.9. The van der Waals surface area contributed by atoms with E-state index in [0.717, 1.165) is 4.90 Å². The van der Waals surface area contributed by atoms with Crippen molar-refractivity contribution in [1.29, 1.82) is 0 Å². The summed E-state index contributed by atoms with van der Waals surface area (Å²) < 4.78 is 38.5. The average Bonchev–Trinajstić information content (AvgIpc) is 2.53. The third-order valence-corrected chi connectivity index (χ3v) is 4.73. The van der Waals surface area contributed by atoms with E-state index in [9.17, 15) is 18.0 Å². The number of hydrogen-bond donors (Lipinski definition) is 1. The number of carbonyl (C=O) groups excluding carboxylic acids is 1. The fraction of sp³-hybridized carbons (Fsp3) is 0.438. The molecule has 1 N–H and O–H groups in total. The highest BCUT2D eigenvalue weighted by Gasteiger charge is 2.42. The van der Waals surface area contributed by atoms with Gasteiger partial charge in [-0.15, -0.1) is 18.3 Å². The molecular formula is C16H19F3N2OS. The molecule has 2 rings (SSSR count). The molecule has 1 aromatic carbocycles. The van der Waals surface area contributed by atoms with Crippen LogP contribution in [0, 0.1) is 5.92 Å². The fourth-order valence-corrected chi connectivity index (χ4v) is 3.21. The number of anilines is 1. The van der Waals surface area contributed by atoms with Gasteiger partial charge in [0.15, 0.2) is 0 Å². The molecular weight excluding hydrogens is 325 g/mol. The minimum Gasteiger partial charge on any atom is -0.324 e. The van der Waals surface area contributed by atoms with Gasteiger partial charge in [-0.3, -0.25) is 0 Å². The predicted octanol–water partition coefficient (Wildman–Crippen LogP) is 4.77. The topological polar surface area (TPSA) is 32.3 Å². The molecule has 7 heteroatoms. The van der Waals surface area contributed by atoms with E-state index in [0.29, 0.717) is 24.4 Å². The Morgan fingerprint density at radius 1 is 1.43 bits per heavy atom. The number of likely N-dealkylation sites (tertiary alicyclic amines) is 1. The fourth-order valence-electron chi connectivity index (χ4n) is 2.47. The molecule has 2 amide bonds. The average molecular weight is 344 g/mol. The number of rotatable bonds is 4. The van der Waals surface area contributed by atoms with Crippen LogP contribution in [0.1, 0.15) is 12.8 Å². The summed E-state index contributed by atoms with van der Waals surface area (Å²) in [6, 6.07) is 6.75. The van der Waals surface area contributed by atoms with Gasteiger partial charge in [-0.2, -0.15) is 13.2 Å². The Hall–Kier alpha value is -1.63. The van der Waals surface area contributed by atoms with Crippen molar-refractivity contribution in [3.05, 3.63) is 36.9 Å². The normalized spacial score (nSPS) is 18.6. The van der Waals surface area contributed by atoms with Crippen LogP contribution in [0.4, 0.5) is 23.7 Å². The summed E-state index contributed by atoms with van der Waals surface area (Å²) in [6.07, 6.45) is -2.05. The standard InChI is InChI=1S/C16H19F3N2OS/c1-2-10-23-14-8-4-3-7-13(14)20-15(22)21-9-5-6-12(11-21)16(17,18)19/h2-4,7-8,12H,1,5-6,9-11H2,(H,20,22)/t12-/m0/s1. The predicted molar refractivity (Wildman–Crippen MR) is 86.7 cm³/mol. The lowest BCUT2D eigenvalue weighted by atomic mass is 9.98. The first kappa shape index (κ1) is 17.7. The van der Waals surface area contributed by atoms with Gasteiger partial charge in [0.2, 0.25) is 0 Å². The Morgan fingerprint density at radius 2 is 2.17 bits per heavy atom. The second kappa shape index (κ2) is 7.77. The minimum atomic E-state index is -4.25. The molecule has 0 radical (unpaired) electrons. The van der Waals surface area contributed by atoms with Crippen molar-refractivity contribution in [2.45, 2.75) is 23.9 Å². The van der Waals surface area contributed by atoms with Crippen LogP contribution < -0.4 is 5.32 Å². The second-order valence-electron chi connectivity index (χ2n) is 5.35. The smallest absolute Gasteiger partial charge is 0.324 e. The summed E-state index contributed by atoms with van der Waals surface area (Å²) in [7, 11) is 0. The quantitative estimate of drug-likeness (QED) is 0.630. The first-order valence-corrected chi connectivity index (χ1v) is 8.35. The van der Waals surface area contributed by atoms with E-state index < -0.39 is 18.1 Å². The van der Waals surface area contributed by atoms with Crippen molar-refractivity contribution in [3.8, 4) is 0 Å². The maximum atomic E-state index is 12.8. The molecule has 0 saturated carbocycles. The van der Waals surface area contributed by atoms with Gasteiger partial charge in [0.25, 0.3) is 0 Å². The van der Waals surface area contributed by atoms with Gasteiger partial charge in [0.05, 0.1) is 11.6 Å². The Morgan fingerprint density at radius 3 is 2.87 bits per heavy atom. The maximum Gasteiger partial charge on any atom is 0.393 e. The summed E-state index contributed by atoms with van der Waals surface area (Å²) in [5, 5.41) is 2.73. The van der Waals surface area contributed by atoms with E-state index in [1.54, 1.807) is 18.2 Å². The largest absolute Gasteiger partial charge is 0.393 e. The lowest BCUT2D eigenvalue weighted by Crippen LogP contribution is -2.46. The summed E-state index contributed by atoms with van der Waals surface area (Å²) in [5.41, 5.74) is 0.610. The number of para-hydroxylation sites is 1. The lowest BCUT2D eigenvalue weighted by molar-refractivity contribution is -0.183. The van der Waals surface area contributed by atoms with Crippen LogP contribution in [0.2, 0.25) is 0 Å². The van der Waals surface area contributed by atoms with Gasteiger partial charge in [-0.25, -0.2) is 4.79 Å². The zero-order valence-electron chi connectivity index (χ0n) is 12.6. The number of benzene rings is 1. The Balaban J connectivity index is 2.03. The summed E-state index contributed by atoms with van der Waals surface area (Å²) >= 11 is 1.51. The summed E-state index contributed by atoms with van der Waals surface area (Å²) in [6.45, 7) is 3.72. The van der Waals surface area contributed by atoms with Crippen molar-refractivity contribution in [3.63, 3.8) is 0 Å². The first-order valence-electron chi connectivity index (χ1n) is 7.37. The molecule has 1 heterocycles. The number of nitrogens with zero attached hydrogens (tertiary/aromatic N) is 1. The number of halogens is 3. The summed E-state index contributed by atoms with van der Waals surface area (Å²) in [4.78, 5) is 14.4. The van der Waals surface area contributed by atoms with E-state index in [4.69, 9.17) is 0 Å². The van der Waals surface area contributed by atoms with E-state index in [-0.39, 0.29) is 13.0 Å². The van der Waals surface area contributed by atoms with Crippen LogP contribution in [0.25, 0.3) is 0 Å². The number of nitrogens with one attached hydrogen (secondary N) is 1. The van der Waals surface area contributed by atoms with Gasteiger partial charge >= 0.3 is 12.2 Å². The van der Waals surface area contributed by atoms with E-state index in [1.165, 1.54) is 16.7 Å². The van der Waals surface area contributed by atoms with E-state index in [2.05, 4.69) is 11.9 Å². The van der Waals surface area contributed by atoms with Gasteiger partial charge in [0, 0.05) is 23.7 Å². The number of piperidine rings is 1. The third-order valence-electron chi connectivity index (χ3n) is 3.66. The van der Waals surface area contributed by atoms with Crippen molar-refractivity contribution >= 4 is 23.5 Å². The van der Waals surface area contributed by atoms with Gasteiger partial charge in [-0.1, -0.05) is 18.2 Å². The Kier molecular flexibility index (Phi) is 5.98. The number of alkyl halides is 3. The van der Waals surface area contributed by atoms with Crippen LogP contribution in [0.5, 0.6) is 0 Å². The second-order valence-corrected chi connectivity index (χ2v) is 6.41. The van der Waals surface area contributed by atoms with Crippen LogP contribution in [0.15, 0.2) is 41.8 Å². The molecule has 1 fully saturated rings. The molecule has 0 spiro atoms. The van der Waals surface area contributed by atoms with E-state index in [1.807, 2.05) is 12.1 Å². The molecule has 1 saturated heterocycles. The molecule has 1 aliphatic heterocycles. The number of amides is 2. The lowest BCUT2D eigenvalue weighted by Gasteiger charge is -2.33. The molecule has 0 bridgehead atoms. The Labute approximate surface area is 137 Å². The minimum absolute atomic E-state index is 0.0824. The molecule has 1 atom stereocenters. The molecule has 1 aliphatic rings. The molecule has 1 aromatic rings. The van der Waals surface area contributed by atoms with Crippen LogP contribution in [-0.4, -0.2) is 35.9 Å². The van der Waals surface area contributed by atoms with Crippen LogP contribution >= 0.6 is 11.8 Å². The SMILES string of the molecule is C=CCSc1ccccc1NC(=O)N1CCC[C@H](C(F)(F)F)C1. The highest BCUT2D eigenvalue weighted by Crippen LogP contribution is 2.33. The highest BCUT2D eigenvalue weighted by atomic mass is 32.2. The van der Waals surface area contributed by atoms with Crippen molar-refractivity contribution < 1.29 is 18.0 Å². The number of urea groups is 1. The first-order chi connectivity index (χ1) is 10.9. The number of thioether (sulfide) groups is 1. The Bertz CT molecular complexity index is 563.